The maximum Gasteiger partial charge on any atom is 0.410 e. The number of hydrogen-bond acceptors (Lipinski definition) is 10. The molecule has 2 aromatic carbocycles. The van der Waals surface area contributed by atoms with Crippen molar-refractivity contribution in [1.29, 1.82) is 0 Å². The summed E-state index contributed by atoms with van der Waals surface area (Å²) in [5.41, 5.74) is 3.93. The fourth-order valence-electron chi connectivity index (χ4n) is 9.48. The second kappa shape index (κ2) is 16.7. The van der Waals surface area contributed by atoms with Crippen LogP contribution in [0, 0.1) is 28.5 Å². The van der Waals surface area contributed by atoms with Gasteiger partial charge in [0.25, 0.3) is 0 Å². The first-order valence-electron chi connectivity index (χ1n) is 21.2. The van der Waals surface area contributed by atoms with Gasteiger partial charge < -0.3 is 29.0 Å². The molecule has 2 saturated heterocycles. The van der Waals surface area contributed by atoms with Crippen LogP contribution in [0.25, 0.3) is 32.9 Å². The van der Waals surface area contributed by atoms with Crippen molar-refractivity contribution >= 4 is 41.7 Å². The number of piperazine rings is 1. The average Bonchev–Trinajstić information content (AvgIpc) is 3.92. The zero-order valence-corrected chi connectivity index (χ0v) is 37.6. The molecule has 3 fully saturated rings. The van der Waals surface area contributed by atoms with Crippen LogP contribution < -0.4 is 14.4 Å². The Hall–Kier alpha value is -4.58. The van der Waals surface area contributed by atoms with Gasteiger partial charge >= 0.3 is 12.1 Å². The lowest BCUT2D eigenvalue weighted by Gasteiger charge is -2.42. The smallest absolute Gasteiger partial charge is 0.410 e. The highest BCUT2D eigenvalue weighted by Gasteiger charge is 2.46. The van der Waals surface area contributed by atoms with Crippen LogP contribution in [0.15, 0.2) is 30.5 Å². The first-order chi connectivity index (χ1) is 28.4. The molecular weight excluding hydrogens is 785 g/mol. The van der Waals surface area contributed by atoms with Gasteiger partial charge in [-0.3, -0.25) is 9.88 Å². The topological polar surface area (TPSA) is 119 Å². The van der Waals surface area contributed by atoms with E-state index in [0.29, 0.717) is 57.4 Å². The summed E-state index contributed by atoms with van der Waals surface area (Å²) in [5.74, 6) is 2.87. The highest BCUT2D eigenvalue weighted by Crippen LogP contribution is 2.46. The molecule has 1 saturated carbocycles. The Labute approximate surface area is 353 Å². The predicted octanol–water partition coefficient (Wildman–Crippen LogP) is 9.41. The number of carbonyl (C=O) groups excluding carboxylic acids is 1. The predicted molar refractivity (Wildman–Crippen MR) is 232 cm³/mol. The number of pyridine rings is 1. The molecule has 14 heteroatoms. The van der Waals surface area contributed by atoms with Crippen LogP contribution in [0.1, 0.15) is 93.6 Å². The summed E-state index contributed by atoms with van der Waals surface area (Å²) >= 11 is 0. The van der Waals surface area contributed by atoms with Crippen molar-refractivity contribution in [3.8, 4) is 34.5 Å². The van der Waals surface area contributed by atoms with E-state index in [2.05, 4.69) is 58.0 Å². The van der Waals surface area contributed by atoms with Gasteiger partial charge in [0, 0.05) is 42.8 Å². The van der Waals surface area contributed by atoms with Gasteiger partial charge in [-0.25, -0.2) is 13.6 Å². The number of carbonyl (C=O) groups is 1. The van der Waals surface area contributed by atoms with E-state index < -0.39 is 25.3 Å². The van der Waals surface area contributed by atoms with Crippen LogP contribution in [-0.2, 0) is 9.47 Å². The number of rotatable bonds is 12. The molecule has 3 aliphatic rings. The van der Waals surface area contributed by atoms with Crippen LogP contribution in [0.4, 0.5) is 19.4 Å². The van der Waals surface area contributed by atoms with Crippen LogP contribution in [-0.4, -0.2) is 97.0 Å². The van der Waals surface area contributed by atoms with E-state index in [9.17, 15) is 9.90 Å². The highest BCUT2D eigenvalue weighted by atomic mass is 28.3. The zero-order valence-electron chi connectivity index (χ0n) is 36.6. The van der Waals surface area contributed by atoms with Crippen molar-refractivity contribution < 1.29 is 37.6 Å². The number of aliphatic hydroxyl groups is 1. The fourth-order valence-corrected chi connectivity index (χ4v) is 14.7. The summed E-state index contributed by atoms with van der Waals surface area (Å²) in [5, 5.41) is 11.4. The van der Waals surface area contributed by atoms with E-state index in [4.69, 9.17) is 28.9 Å². The van der Waals surface area contributed by atoms with E-state index in [1.807, 2.05) is 30.6 Å². The highest BCUT2D eigenvalue weighted by molar-refractivity contribution is 6.90. The normalized spacial score (nSPS) is 18.7. The first kappa shape index (κ1) is 43.5. The number of amides is 1. The third kappa shape index (κ3) is 8.25. The number of hydrogen-bond donors (Lipinski definition) is 1. The summed E-state index contributed by atoms with van der Waals surface area (Å²) in [6, 6.07) is 6.12. The van der Waals surface area contributed by atoms with Crippen molar-refractivity contribution in [2.75, 3.05) is 45.1 Å². The van der Waals surface area contributed by atoms with Crippen molar-refractivity contribution in [1.82, 2.24) is 19.9 Å². The van der Waals surface area contributed by atoms with Gasteiger partial charge in [0.2, 0.25) is 0 Å². The Balaban J connectivity index is 1.40. The van der Waals surface area contributed by atoms with Crippen LogP contribution >= 0.6 is 0 Å². The Bertz CT molecular complexity index is 2300. The third-order valence-corrected chi connectivity index (χ3v) is 19.0. The second-order valence-corrected chi connectivity index (χ2v) is 24.4. The third-order valence-electron chi connectivity index (χ3n) is 12.7. The molecule has 1 N–H and O–H groups in total. The molecule has 2 atom stereocenters. The number of nitrogens with zero attached hydrogens (tertiary/aromatic N) is 5. The molecule has 4 heterocycles. The first-order valence-corrected chi connectivity index (χ1v) is 23.4. The van der Waals surface area contributed by atoms with Gasteiger partial charge in [-0.15, -0.1) is 5.54 Å². The Morgan fingerprint density at radius 2 is 1.67 bits per heavy atom. The number of fused-ring (bicyclic) bond motifs is 4. The molecule has 0 spiro atoms. The molecule has 2 aliphatic heterocycles. The SMILES string of the molecule is COCOc1cc(-c2ncc3c(N4C[C@H]5CC[C@@H](C4)N5C(=O)OC(C)(C)C)nc(OCC4(CO)CC4)nc3c2F)c2c(C#C[Si](C(C)C)(C(C)C)C(C)C)c(F)ccc2c1. The van der Waals surface area contributed by atoms with Gasteiger partial charge in [-0.05, 0) is 86.7 Å². The van der Waals surface area contributed by atoms with E-state index in [1.165, 1.54) is 13.2 Å². The molecule has 7 rings (SSSR count). The summed E-state index contributed by atoms with van der Waals surface area (Å²) in [4.78, 5) is 31.5. The summed E-state index contributed by atoms with van der Waals surface area (Å²) < 4.78 is 56.9. The quantitative estimate of drug-likeness (QED) is 0.0840. The van der Waals surface area contributed by atoms with Crippen LogP contribution in [0.2, 0.25) is 16.6 Å². The van der Waals surface area contributed by atoms with E-state index >= 15 is 8.78 Å². The lowest BCUT2D eigenvalue weighted by atomic mass is 9.95. The number of ether oxygens (including phenoxy) is 4. The van der Waals surface area contributed by atoms with Gasteiger partial charge in [0.05, 0.1) is 36.2 Å². The molecule has 0 radical (unpaired) electrons. The monoisotopic (exact) mass is 843 g/mol. The van der Waals surface area contributed by atoms with Gasteiger partial charge in [0.1, 0.15) is 42.3 Å². The van der Waals surface area contributed by atoms with Crippen LogP contribution in [0.3, 0.4) is 0 Å². The summed E-state index contributed by atoms with van der Waals surface area (Å²) in [6.45, 7) is 19.7. The molecule has 0 unspecified atom stereocenters. The minimum atomic E-state index is -2.31. The summed E-state index contributed by atoms with van der Waals surface area (Å²) in [7, 11) is -0.798. The number of halogens is 2. The lowest BCUT2D eigenvalue weighted by Crippen LogP contribution is -2.57. The van der Waals surface area contributed by atoms with Crippen molar-refractivity contribution in [3.05, 3.63) is 47.7 Å². The second-order valence-electron chi connectivity index (χ2n) is 18.8. The Morgan fingerprint density at radius 3 is 2.25 bits per heavy atom. The number of anilines is 1. The lowest BCUT2D eigenvalue weighted by molar-refractivity contribution is 0.0122. The standard InChI is InChI=1S/C46H59F2N5O6Si/c1-27(2)60(28(3)4,29(5)6)18-15-34-37(47)14-11-30-19-33(58-26-56-10)20-35(38(30)34)40-39(48)41-36(21-49-40)42(51-43(50-41)57-25-46(24-54)16-17-46)52-22-31-12-13-32(23-52)53(31)44(55)59-45(7,8)9/h11,14,19-21,27-29,31-32,54H,12-13,16-17,22-26H2,1-10H3/t31-,32+. The van der Waals surface area contributed by atoms with Gasteiger partial charge in [-0.2, -0.15) is 9.97 Å². The number of aliphatic hydroxyl groups excluding tert-OH is 1. The number of benzene rings is 2. The van der Waals surface area contributed by atoms with E-state index in [1.54, 1.807) is 24.4 Å². The van der Waals surface area contributed by atoms with Crippen molar-refractivity contribution in [3.63, 3.8) is 0 Å². The minimum absolute atomic E-state index is 0.0259. The Kier molecular flexibility index (Phi) is 12.1. The molecular formula is C46H59F2N5O6Si. The van der Waals surface area contributed by atoms with Gasteiger partial charge in [0.15, 0.2) is 12.6 Å². The van der Waals surface area contributed by atoms with Crippen molar-refractivity contribution in [2.24, 2.45) is 5.41 Å². The molecule has 322 valence electrons. The molecule has 1 aliphatic carbocycles. The summed E-state index contributed by atoms with van der Waals surface area (Å²) in [6.07, 6.45) is 4.37. The van der Waals surface area contributed by atoms with Crippen LogP contribution in [0.5, 0.6) is 11.8 Å². The Morgan fingerprint density at radius 1 is 1.00 bits per heavy atom. The number of aromatic nitrogens is 3. The maximum atomic E-state index is 17.6. The largest absolute Gasteiger partial charge is 0.468 e. The van der Waals surface area contributed by atoms with Crippen molar-refractivity contribution in [2.45, 2.75) is 122 Å². The zero-order chi connectivity index (χ0) is 43.3. The molecule has 2 aromatic heterocycles. The fraction of sp³-hybridized carbons (Fsp3) is 0.565. The molecule has 11 nitrogen and oxygen atoms in total. The van der Waals surface area contributed by atoms with Gasteiger partial charge in [-0.1, -0.05) is 53.5 Å². The minimum Gasteiger partial charge on any atom is -0.468 e. The molecule has 2 bridgehead atoms. The van der Waals surface area contributed by atoms with E-state index in [0.717, 1.165) is 25.7 Å². The molecule has 60 heavy (non-hydrogen) atoms. The van der Waals surface area contributed by atoms with E-state index in [-0.39, 0.29) is 71.9 Å². The molecule has 1 amide bonds. The average molecular weight is 844 g/mol. The maximum absolute atomic E-state index is 17.6. The number of methoxy groups -OCH3 is 1. The molecule has 4 aromatic rings.